The number of hydrogen-bond acceptors (Lipinski definition) is 3. The van der Waals surface area contributed by atoms with Gasteiger partial charge in [-0.25, -0.2) is 0 Å². The molecular formula is C17H25N3. The zero-order valence-corrected chi connectivity index (χ0v) is 12.8. The molecule has 1 aliphatic heterocycles. The predicted octanol–water partition coefficient (Wildman–Crippen LogP) is 2.94. The van der Waals surface area contributed by atoms with E-state index in [-0.39, 0.29) is 0 Å². The van der Waals surface area contributed by atoms with Crippen LogP contribution in [0.2, 0.25) is 0 Å². The van der Waals surface area contributed by atoms with Crippen molar-refractivity contribution in [2.45, 2.75) is 38.8 Å². The first-order valence-corrected chi connectivity index (χ1v) is 7.56. The van der Waals surface area contributed by atoms with Gasteiger partial charge in [-0.05, 0) is 44.0 Å². The lowest BCUT2D eigenvalue weighted by atomic mass is 9.83. The number of benzene rings is 1. The highest BCUT2D eigenvalue weighted by atomic mass is 15.1. The third-order valence-electron chi connectivity index (χ3n) is 4.20. The first-order chi connectivity index (χ1) is 9.63. The second-order valence-electron chi connectivity index (χ2n) is 6.09. The molecule has 3 nitrogen and oxygen atoms in total. The smallest absolute Gasteiger partial charge is 0.0995 e. The van der Waals surface area contributed by atoms with Crippen molar-refractivity contribution in [1.82, 2.24) is 10.2 Å². The van der Waals surface area contributed by atoms with E-state index in [4.69, 9.17) is 0 Å². The summed E-state index contributed by atoms with van der Waals surface area (Å²) in [5, 5.41) is 12.9. The normalized spacial score (nSPS) is 23.8. The van der Waals surface area contributed by atoms with Gasteiger partial charge in [0.25, 0.3) is 0 Å². The van der Waals surface area contributed by atoms with Gasteiger partial charge in [-0.3, -0.25) is 4.90 Å². The van der Waals surface area contributed by atoms with Crippen LogP contribution in [0, 0.1) is 17.2 Å². The van der Waals surface area contributed by atoms with Crippen molar-refractivity contribution in [2.24, 2.45) is 5.92 Å². The van der Waals surface area contributed by atoms with Crippen molar-refractivity contribution in [3.63, 3.8) is 0 Å². The van der Waals surface area contributed by atoms with Crippen LogP contribution in [0.15, 0.2) is 24.3 Å². The topological polar surface area (TPSA) is 39.1 Å². The minimum atomic E-state index is 0.353. The third-order valence-corrected chi connectivity index (χ3v) is 4.20. The Morgan fingerprint density at radius 1 is 1.40 bits per heavy atom. The third kappa shape index (κ3) is 3.39. The molecule has 1 fully saturated rings. The minimum Gasteiger partial charge on any atom is -0.314 e. The van der Waals surface area contributed by atoms with Gasteiger partial charge >= 0.3 is 0 Å². The first-order valence-electron chi connectivity index (χ1n) is 7.56. The van der Waals surface area contributed by atoms with Gasteiger partial charge < -0.3 is 5.32 Å². The molecule has 0 amide bonds. The van der Waals surface area contributed by atoms with Crippen LogP contribution in [0.5, 0.6) is 0 Å². The predicted molar refractivity (Wildman–Crippen MR) is 82.4 cm³/mol. The molecule has 1 aliphatic rings. The summed E-state index contributed by atoms with van der Waals surface area (Å²) in [6.07, 6.45) is 2.47. The molecule has 1 heterocycles. The number of nitriles is 1. The summed E-state index contributed by atoms with van der Waals surface area (Å²) in [6.45, 7) is 6.50. The fourth-order valence-corrected chi connectivity index (χ4v) is 3.21. The molecule has 20 heavy (non-hydrogen) atoms. The highest BCUT2D eigenvalue weighted by molar-refractivity contribution is 5.40. The molecule has 1 aromatic rings. The van der Waals surface area contributed by atoms with E-state index in [2.05, 4.69) is 43.2 Å². The highest BCUT2D eigenvalue weighted by Crippen LogP contribution is 2.36. The van der Waals surface area contributed by atoms with Gasteiger partial charge in [-0.1, -0.05) is 32.0 Å². The number of nitrogens with zero attached hydrogens (tertiary/aromatic N) is 2. The minimum absolute atomic E-state index is 0.353. The lowest BCUT2D eigenvalue weighted by Gasteiger charge is -2.40. The fraction of sp³-hybridized carbons (Fsp3) is 0.588. The second kappa shape index (κ2) is 6.88. The van der Waals surface area contributed by atoms with E-state index in [1.54, 1.807) is 0 Å². The van der Waals surface area contributed by atoms with Gasteiger partial charge in [-0.15, -0.1) is 0 Å². The summed E-state index contributed by atoms with van der Waals surface area (Å²) in [7, 11) is 2.18. The van der Waals surface area contributed by atoms with Gasteiger partial charge in [0.05, 0.1) is 11.6 Å². The second-order valence-corrected chi connectivity index (χ2v) is 6.09. The van der Waals surface area contributed by atoms with E-state index in [0.29, 0.717) is 18.0 Å². The maximum Gasteiger partial charge on any atom is 0.0995 e. The Morgan fingerprint density at radius 3 is 2.85 bits per heavy atom. The fourth-order valence-electron chi connectivity index (χ4n) is 3.21. The molecule has 0 aromatic heterocycles. The molecular weight excluding hydrogens is 246 g/mol. The molecule has 1 N–H and O–H groups in total. The van der Waals surface area contributed by atoms with E-state index >= 15 is 0 Å². The number of likely N-dealkylation sites (tertiary alicyclic amines) is 1. The van der Waals surface area contributed by atoms with E-state index in [0.717, 1.165) is 18.7 Å². The maximum atomic E-state index is 9.36. The lowest BCUT2D eigenvalue weighted by molar-refractivity contribution is 0.118. The van der Waals surface area contributed by atoms with Crippen molar-refractivity contribution in [3.8, 4) is 6.07 Å². The summed E-state index contributed by atoms with van der Waals surface area (Å²) >= 11 is 0. The van der Waals surface area contributed by atoms with Gasteiger partial charge in [0.1, 0.15) is 0 Å². The van der Waals surface area contributed by atoms with Crippen LogP contribution >= 0.6 is 0 Å². The van der Waals surface area contributed by atoms with E-state index in [1.165, 1.54) is 18.4 Å². The molecule has 108 valence electrons. The Balaban J connectivity index is 2.25. The monoisotopic (exact) mass is 271 g/mol. The SMILES string of the molecule is CC(C)NCC1CCCN(C)C1c1ccccc1C#N. The number of nitrogens with one attached hydrogen (secondary N) is 1. The van der Waals surface area contributed by atoms with E-state index in [1.807, 2.05) is 18.2 Å². The van der Waals surface area contributed by atoms with Crippen LogP contribution in [0.25, 0.3) is 0 Å². The molecule has 2 atom stereocenters. The summed E-state index contributed by atoms with van der Waals surface area (Å²) in [5.74, 6) is 0.575. The maximum absolute atomic E-state index is 9.36. The van der Waals surface area contributed by atoms with Crippen LogP contribution < -0.4 is 5.32 Å². The van der Waals surface area contributed by atoms with Gasteiger partial charge in [-0.2, -0.15) is 5.26 Å². The molecule has 1 aromatic carbocycles. The number of piperidine rings is 1. The summed E-state index contributed by atoms with van der Waals surface area (Å²) in [4.78, 5) is 2.41. The molecule has 0 spiro atoms. The highest BCUT2D eigenvalue weighted by Gasteiger charge is 2.31. The molecule has 1 saturated heterocycles. The molecule has 0 bridgehead atoms. The Labute approximate surface area is 122 Å². The van der Waals surface area contributed by atoms with Crippen LogP contribution in [0.3, 0.4) is 0 Å². The zero-order valence-electron chi connectivity index (χ0n) is 12.8. The average molecular weight is 271 g/mol. The molecule has 0 aliphatic carbocycles. The first kappa shape index (κ1) is 15.0. The van der Waals surface area contributed by atoms with Crippen LogP contribution in [-0.4, -0.2) is 31.1 Å². The lowest BCUT2D eigenvalue weighted by Crippen LogP contribution is -2.42. The largest absolute Gasteiger partial charge is 0.314 e. The Kier molecular flexibility index (Phi) is 5.17. The Bertz CT molecular complexity index is 475. The molecule has 2 unspecified atom stereocenters. The van der Waals surface area contributed by atoms with Crippen molar-refractivity contribution in [3.05, 3.63) is 35.4 Å². The van der Waals surface area contributed by atoms with Crippen LogP contribution in [0.1, 0.15) is 43.9 Å². The van der Waals surface area contributed by atoms with E-state index < -0.39 is 0 Å². The Hall–Kier alpha value is -1.37. The molecule has 0 saturated carbocycles. The average Bonchev–Trinajstić information content (AvgIpc) is 2.45. The van der Waals surface area contributed by atoms with Gasteiger partial charge in [0.2, 0.25) is 0 Å². The number of hydrogen-bond donors (Lipinski definition) is 1. The van der Waals surface area contributed by atoms with Crippen LogP contribution in [-0.2, 0) is 0 Å². The Morgan fingerprint density at radius 2 is 2.15 bits per heavy atom. The zero-order chi connectivity index (χ0) is 14.5. The van der Waals surface area contributed by atoms with Crippen molar-refractivity contribution < 1.29 is 0 Å². The molecule has 0 radical (unpaired) electrons. The molecule has 2 rings (SSSR count). The van der Waals surface area contributed by atoms with Gasteiger partial charge in [0, 0.05) is 18.6 Å². The molecule has 3 heteroatoms. The van der Waals surface area contributed by atoms with Crippen molar-refractivity contribution >= 4 is 0 Å². The standard InChI is InChI=1S/C17H25N3/c1-13(2)19-12-15-8-6-10-20(3)17(15)16-9-5-4-7-14(16)11-18/h4-5,7,9,13,15,17,19H,6,8,10,12H2,1-3H3. The van der Waals surface area contributed by atoms with E-state index in [9.17, 15) is 5.26 Å². The summed E-state index contributed by atoms with van der Waals surface area (Å²) in [5.41, 5.74) is 2.01. The summed E-state index contributed by atoms with van der Waals surface area (Å²) < 4.78 is 0. The van der Waals surface area contributed by atoms with Crippen LogP contribution in [0.4, 0.5) is 0 Å². The van der Waals surface area contributed by atoms with Crippen molar-refractivity contribution in [1.29, 1.82) is 5.26 Å². The number of rotatable bonds is 4. The summed E-state index contributed by atoms with van der Waals surface area (Å²) in [6, 6.07) is 11.3. The quantitative estimate of drug-likeness (QED) is 0.915. The van der Waals surface area contributed by atoms with Gasteiger partial charge in [0.15, 0.2) is 0 Å². The van der Waals surface area contributed by atoms with Crippen molar-refractivity contribution in [2.75, 3.05) is 20.1 Å².